The molecule has 0 aliphatic rings. The largest absolute Gasteiger partial charge is 0.513 e. The first-order valence-electron chi connectivity index (χ1n) is 8.18. The zero-order valence-corrected chi connectivity index (χ0v) is 15.3. The summed E-state index contributed by atoms with van der Waals surface area (Å²) in [6.07, 6.45) is -1.32. The third-order valence-corrected chi connectivity index (χ3v) is 3.48. The molecule has 0 spiro atoms. The molecule has 0 fully saturated rings. The lowest BCUT2D eigenvalue weighted by atomic mass is 9.87. The van der Waals surface area contributed by atoms with E-state index in [1.54, 1.807) is 19.1 Å². The number of amides is 1. The quantitative estimate of drug-likeness (QED) is 0.590. The van der Waals surface area contributed by atoms with Crippen molar-refractivity contribution < 1.29 is 23.8 Å². The summed E-state index contributed by atoms with van der Waals surface area (Å²) in [6, 6.07) is 5.18. The fourth-order valence-electron chi connectivity index (χ4n) is 2.02. The molecular formula is C18H27NO5. The Morgan fingerprint density at radius 1 is 1.00 bits per heavy atom. The maximum Gasteiger partial charge on any atom is 0.513 e. The van der Waals surface area contributed by atoms with Crippen LogP contribution in [0.4, 0.5) is 9.59 Å². The van der Waals surface area contributed by atoms with Crippen LogP contribution in [0.25, 0.3) is 0 Å². The molecule has 0 radical (unpaired) electrons. The Hall–Kier alpha value is -2.24. The van der Waals surface area contributed by atoms with Crippen LogP contribution in [0.3, 0.4) is 0 Å². The topological polar surface area (TPSA) is 65.1 Å². The van der Waals surface area contributed by atoms with Gasteiger partial charge < -0.3 is 19.1 Å². The standard InChI is InChI=1S/C18H27NO5/c1-7-19(8-2)16(20)23-14-11-10-13(18(4,5)6)12-15(14)24-17(21)22-9-3/h10-12H,7-9H2,1-6H3. The molecule has 134 valence electrons. The van der Waals surface area contributed by atoms with Crippen molar-refractivity contribution in [3.8, 4) is 11.5 Å². The van der Waals surface area contributed by atoms with Crippen LogP contribution in [-0.2, 0) is 10.2 Å². The second kappa shape index (κ2) is 8.57. The highest BCUT2D eigenvalue weighted by Gasteiger charge is 2.21. The number of hydrogen-bond donors (Lipinski definition) is 0. The Kier molecular flexibility index (Phi) is 7.07. The molecule has 24 heavy (non-hydrogen) atoms. The van der Waals surface area contributed by atoms with Gasteiger partial charge in [0.2, 0.25) is 0 Å². The van der Waals surface area contributed by atoms with Crippen LogP contribution >= 0.6 is 0 Å². The summed E-state index contributed by atoms with van der Waals surface area (Å²) >= 11 is 0. The molecule has 1 amide bonds. The summed E-state index contributed by atoms with van der Waals surface area (Å²) in [5.41, 5.74) is 0.804. The average Bonchev–Trinajstić information content (AvgIpc) is 2.49. The van der Waals surface area contributed by atoms with E-state index in [0.29, 0.717) is 13.1 Å². The van der Waals surface area contributed by atoms with E-state index in [1.807, 2.05) is 40.7 Å². The molecule has 1 aromatic carbocycles. The number of rotatable bonds is 5. The van der Waals surface area contributed by atoms with Crippen molar-refractivity contribution in [1.29, 1.82) is 0 Å². The molecule has 0 N–H and O–H groups in total. The van der Waals surface area contributed by atoms with Crippen molar-refractivity contribution in [2.45, 2.75) is 47.0 Å². The molecule has 6 nitrogen and oxygen atoms in total. The Morgan fingerprint density at radius 3 is 2.12 bits per heavy atom. The fourth-order valence-corrected chi connectivity index (χ4v) is 2.02. The van der Waals surface area contributed by atoms with Crippen LogP contribution in [0.1, 0.15) is 47.1 Å². The van der Waals surface area contributed by atoms with E-state index in [2.05, 4.69) is 0 Å². The van der Waals surface area contributed by atoms with Crippen molar-refractivity contribution >= 4 is 12.2 Å². The highest BCUT2D eigenvalue weighted by atomic mass is 16.7. The molecule has 0 aromatic heterocycles. The lowest BCUT2D eigenvalue weighted by molar-refractivity contribution is 0.102. The second-order valence-corrected chi connectivity index (χ2v) is 6.24. The summed E-state index contributed by atoms with van der Waals surface area (Å²) in [6.45, 7) is 12.8. The van der Waals surface area contributed by atoms with Crippen LogP contribution < -0.4 is 9.47 Å². The number of nitrogens with zero attached hydrogens (tertiary/aromatic N) is 1. The van der Waals surface area contributed by atoms with Crippen molar-refractivity contribution in [2.75, 3.05) is 19.7 Å². The van der Waals surface area contributed by atoms with E-state index >= 15 is 0 Å². The van der Waals surface area contributed by atoms with Gasteiger partial charge in [0.05, 0.1) is 6.61 Å². The average molecular weight is 337 g/mol. The fraction of sp³-hybridized carbons (Fsp3) is 0.556. The first-order valence-corrected chi connectivity index (χ1v) is 8.18. The molecule has 6 heteroatoms. The monoisotopic (exact) mass is 337 g/mol. The summed E-state index contributed by atoms with van der Waals surface area (Å²) in [5.74, 6) is 0.356. The van der Waals surface area contributed by atoms with Crippen LogP contribution in [-0.4, -0.2) is 36.8 Å². The maximum atomic E-state index is 12.2. The van der Waals surface area contributed by atoms with Crippen molar-refractivity contribution in [1.82, 2.24) is 4.90 Å². The molecule has 1 aromatic rings. The summed E-state index contributed by atoms with van der Waals surface area (Å²) in [5, 5.41) is 0. The predicted molar refractivity (Wildman–Crippen MR) is 91.7 cm³/mol. The minimum Gasteiger partial charge on any atom is -0.434 e. The maximum absolute atomic E-state index is 12.2. The van der Waals surface area contributed by atoms with E-state index in [0.717, 1.165) is 5.56 Å². The van der Waals surface area contributed by atoms with Gasteiger partial charge in [0.15, 0.2) is 11.5 Å². The molecule has 1 rings (SSSR count). The van der Waals surface area contributed by atoms with Gasteiger partial charge in [0.25, 0.3) is 0 Å². The van der Waals surface area contributed by atoms with Crippen molar-refractivity contribution in [2.24, 2.45) is 0 Å². The van der Waals surface area contributed by atoms with E-state index < -0.39 is 12.2 Å². The van der Waals surface area contributed by atoms with Crippen LogP contribution in [0.5, 0.6) is 11.5 Å². The first kappa shape index (κ1) is 19.8. The van der Waals surface area contributed by atoms with Gasteiger partial charge in [-0.2, -0.15) is 0 Å². The molecule has 0 atom stereocenters. The lowest BCUT2D eigenvalue weighted by Crippen LogP contribution is -2.33. The predicted octanol–water partition coefficient (Wildman–Crippen LogP) is 4.36. The first-order chi connectivity index (χ1) is 11.2. The van der Waals surface area contributed by atoms with E-state index in [-0.39, 0.29) is 23.5 Å². The van der Waals surface area contributed by atoms with Crippen LogP contribution in [0.2, 0.25) is 0 Å². The number of ether oxygens (including phenoxy) is 3. The second-order valence-electron chi connectivity index (χ2n) is 6.24. The van der Waals surface area contributed by atoms with Crippen molar-refractivity contribution in [3.63, 3.8) is 0 Å². The molecule has 0 saturated heterocycles. The van der Waals surface area contributed by atoms with Gasteiger partial charge in [-0.15, -0.1) is 0 Å². The molecule has 0 unspecified atom stereocenters. The van der Waals surface area contributed by atoms with Gasteiger partial charge in [0.1, 0.15) is 0 Å². The van der Waals surface area contributed by atoms with Gasteiger partial charge >= 0.3 is 12.2 Å². The molecule has 0 saturated carbocycles. The molecule has 0 aliphatic carbocycles. The van der Waals surface area contributed by atoms with Gasteiger partial charge in [-0.1, -0.05) is 26.8 Å². The summed E-state index contributed by atoms with van der Waals surface area (Å²) < 4.78 is 15.4. The van der Waals surface area contributed by atoms with Gasteiger partial charge in [0, 0.05) is 13.1 Å². The van der Waals surface area contributed by atoms with E-state index in [9.17, 15) is 9.59 Å². The minimum absolute atomic E-state index is 0.145. The smallest absolute Gasteiger partial charge is 0.434 e. The molecule has 0 bridgehead atoms. The third-order valence-electron chi connectivity index (χ3n) is 3.48. The lowest BCUT2D eigenvalue weighted by Gasteiger charge is -2.22. The number of hydrogen-bond acceptors (Lipinski definition) is 5. The zero-order chi connectivity index (χ0) is 18.3. The third kappa shape index (κ3) is 5.44. The molecule has 0 aliphatic heterocycles. The van der Waals surface area contributed by atoms with Gasteiger partial charge in [-0.25, -0.2) is 9.59 Å². The Bertz CT molecular complexity index is 573. The van der Waals surface area contributed by atoms with Crippen LogP contribution in [0, 0.1) is 0 Å². The van der Waals surface area contributed by atoms with E-state index in [4.69, 9.17) is 14.2 Å². The minimum atomic E-state index is -0.830. The number of carbonyl (C=O) groups is 2. The molecule has 0 heterocycles. The Labute approximate surface area is 143 Å². The Morgan fingerprint density at radius 2 is 1.62 bits per heavy atom. The summed E-state index contributed by atoms with van der Waals surface area (Å²) in [7, 11) is 0. The SMILES string of the molecule is CCOC(=O)Oc1cc(C(C)(C)C)ccc1OC(=O)N(CC)CC. The number of carbonyl (C=O) groups excluding carboxylic acids is 2. The Balaban J connectivity index is 3.13. The number of benzene rings is 1. The van der Waals surface area contributed by atoms with Crippen molar-refractivity contribution in [3.05, 3.63) is 23.8 Å². The highest BCUT2D eigenvalue weighted by Crippen LogP contribution is 2.34. The van der Waals surface area contributed by atoms with E-state index in [1.165, 1.54) is 4.90 Å². The van der Waals surface area contributed by atoms with Crippen LogP contribution in [0.15, 0.2) is 18.2 Å². The zero-order valence-electron chi connectivity index (χ0n) is 15.3. The normalized spacial score (nSPS) is 10.9. The summed E-state index contributed by atoms with van der Waals surface area (Å²) in [4.78, 5) is 25.3. The van der Waals surface area contributed by atoms with Gasteiger partial charge in [-0.3, -0.25) is 0 Å². The highest BCUT2D eigenvalue weighted by molar-refractivity contribution is 5.73. The van der Waals surface area contributed by atoms with Gasteiger partial charge in [-0.05, 0) is 43.9 Å². The molecular weight excluding hydrogens is 310 g/mol.